The Labute approximate surface area is 121 Å². The Hall–Kier alpha value is -1.10. The second kappa shape index (κ2) is 5.59. The molecule has 1 fully saturated rings. The van der Waals surface area contributed by atoms with E-state index in [1.165, 1.54) is 0 Å². The average molecular weight is 340 g/mol. The van der Waals surface area contributed by atoms with Gasteiger partial charge in [-0.2, -0.15) is 12.7 Å². The van der Waals surface area contributed by atoms with E-state index in [0.717, 1.165) is 10.4 Å². The Morgan fingerprint density at radius 2 is 1.71 bits per heavy atom. The van der Waals surface area contributed by atoms with Crippen molar-refractivity contribution in [1.82, 2.24) is 4.31 Å². The van der Waals surface area contributed by atoms with Gasteiger partial charge in [0.1, 0.15) is 10.7 Å². The van der Waals surface area contributed by atoms with E-state index in [9.17, 15) is 25.1 Å². The first-order chi connectivity index (χ1) is 9.62. The van der Waals surface area contributed by atoms with E-state index in [0.29, 0.717) is 25.0 Å². The Balaban J connectivity index is 2.42. The molecule has 0 aliphatic carbocycles. The predicted molar refractivity (Wildman–Crippen MR) is 70.7 cm³/mol. The van der Waals surface area contributed by atoms with E-state index in [1.54, 1.807) is 0 Å². The van der Waals surface area contributed by atoms with Gasteiger partial charge in [0.2, 0.25) is 10.0 Å². The summed E-state index contributed by atoms with van der Waals surface area (Å²) in [6, 6.07) is 1.93. The van der Waals surface area contributed by atoms with Gasteiger partial charge < -0.3 is 5.73 Å². The largest absolute Gasteiger partial charge is 0.335 e. The Morgan fingerprint density at radius 1 is 1.14 bits per heavy atom. The van der Waals surface area contributed by atoms with Crippen LogP contribution in [0.25, 0.3) is 0 Å². The van der Waals surface area contributed by atoms with E-state index in [-0.39, 0.29) is 19.1 Å². The van der Waals surface area contributed by atoms with Gasteiger partial charge in [-0.25, -0.2) is 12.8 Å². The molecule has 2 N–H and O–H groups in total. The van der Waals surface area contributed by atoms with Crippen molar-refractivity contribution in [2.75, 3.05) is 13.1 Å². The number of nitrogens with zero attached hydrogens (tertiary/aromatic N) is 1. The third-order valence-electron chi connectivity index (χ3n) is 3.30. The fourth-order valence-corrected chi connectivity index (χ4v) is 4.24. The summed E-state index contributed by atoms with van der Waals surface area (Å²) in [4.78, 5) is -1.74. The molecule has 0 saturated carbocycles. The zero-order chi connectivity index (χ0) is 15.8. The van der Waals surface area contributed by atoms with Gasteiger partial charge >= 0.3 is 10.2 Å². The highest BCUT2D eigenvalue weighted by atomic mass is 32.3. The molecule has 2 rings (SSSR count). The SMILES string of the molecule is NC1CCN(S(=O)(=O)c2ccc(F)c(S(=O)(=O)F)c2)CC1. The molecule has 1 aromatic rings. The van der Waals surface area contributed by atoms with Crippen molar-refractivity contribution in [2.24, 2.45) is 5.73 Å². The highest BCUT2D eigenvalue weighted by Crippen LogP contribution is 2.25. The zero-order valence-corrected chi connectivity index (χ0v) is 12.5. The minimum Gasteiger partial charge on any atom is -0.328 e. The lowest BCUT2D eigenvalue weighted by molar-refractivity contribution is 0.320. The lowest BCUT2D eigenvalue weighted by atomic mass is 10.1. The third kappa shape index (κ3) is 3.39. The number of sulfonamides is 1. The molecule has 0 radical (unpaired) electrons. The Bertz CT molecular complexity index is 741. The minimum atomic E-state index is -5.33. The molecule has 6 nitrogen and oxygen atoms in total. The van der Waals surface area contributed by atoms with Crippen LogP contribution in [0.1, 0.15) is 12.8 Å². The molecule has 1 aliphatic rings. The van der Waals surface area contributed by atoms with Gasteiger partial charge in [0.05, 0.1) is 4.90 Å². The summed E-state index contributed by atoms with van der Waals surface area (Å²) >= 11 is 0. The molecular weight excluding hydrogens is 326 g/mol. The van der Waals surface area contributed by atoms with Crippen LogP contribution in [0.3, 0.4) is 0 Å². The molecule has 1 saturated heterocycles. The molecule has 21 heavy (non-hydrogen) atoms. The molecule has 1 aromatic carbocycles. The van der Waals surface area contributed by atoms with Crippen LogP contribution in [-0.4, -0.2) is 40.3 Å². The smallest absolute Gasteiger partial charge is 0.328 e. The van der Waals surface area contributed by atoms with Crippen molar-refractivity contribution < 1.29 is 25.1 Å². The van der Waals surface area contributed by atoms with Crippen molar-refractivity contribution >= 4 is 20.2 Å². The molecule has 0 amide bonds. The molecule has 0 unspecified atom stereocenters. The van der Waals surface area contributed by atoms with Gasteiger partial charge in [-0.3, -0.25) is 0 Å². The molecule has 1 aliphatic heterocycles. The molecule has 0 bridgehead atoms. The van der Waals surface area contributed by atoms with Crippen molar-refractivity contribution in [1.29, 1.82) is 0 Å². The van der Waals surface area contributed by atoms with Crippen LogP contribution in [0.4, 0.5) is 8.28 Å². The second-order valence-corrected chi connectivity index (χ2v) is 8.03. The summed E-state index contributed by atoms with van der Waals surface area (Å²) in [6.45, 7) is 0.358. The monoisotopic (exact) mass is 340 g/mol. The maximum atomic E-state index is 13.3. The molecule has 1 heterocycles. The number of hydrogen-bond donors (Lipinski definition) is 1. The zero-order valence-electron chi connectivity index (χ0n) is 10.9. The van der Waals surface area contributed by atoms with Crippen LogP contribution in [-0.2, 0) is 20.2 Å². The van der Waals surface area contributed by atoms with Crippen molar-refractivity contribution in [3.05, 3.63) is 24.0 Å². The summed E-state index contributed by atoms with van der Waals surface area (Å²) in [5.74, 6) is -1.34. The first kappa shape index (κ1) is 16.3. The van der Waals surface area contributed by atoms with Crippen LogP contribution >= 0.6 is 0 Å². The van der Waals surface area contributed by atoms with Crippen LogP contribution < -0.4 is 5.73 Å². The first-order valence-electron chi connectivity index (χ1n) is 6.12. The van der Waals surface area contributed by atoms with Crippen molar-refractivity contribution in [3.8, 4) is 0 Å². The number of halogens is 2. The summed E-state index contributed by atoms with van der Waals surface area (Å²) in [5.41, 5.74) is 5.68. The Morgan fingerprint density at radius 3 is 2.24 bits per heavy atom. The topological polar surface area (TPSA) is 97.5 Å². The molecule has 10 heteroatoms. The van der Waals surface area contributed by atoms with Crippen LogP contribution in [0.5, 0.6) is 0 Å². The molecule has 118 valence electrons. The standard InChI is InChI=1S/C11H14F2N2O4S2/c12-10-2-1-9(7-11(10)20(13,16)17)21(18,19)15-5-3-8(14)4-6-15/h1-2,7-8H,3-6,14H2. The van der Waals surface area contributed by atoms with Gasteiger partial charge in [0, 0.05) is 19.1 Å². The third-order valence-corrected chi connectivity index (χ3v) is 6.03. The Kier molecular flexibility index (Phi) is 4.34. The quantitative estimate of drug-likeness (QED) is 0.813. The van der Waals surface area contributed by atoms with E-state index >= 15 is 0 Å². The van der Waals surface area contributed by atoms with Gasteiger partial charge in [-0.1, -0.05) is 0 Å². The number of rotatable bonds is 3. The van der Waals surface area contributed by atoms with E-state index in [1.807, 2.05) is 0 Å². The average Bonchev–Trinajstić information content (AvgIpc) is 2.38. The highest BCUT2D eigenvalue weighted by molar-refractivity contribution is 7.89. The highest BCUT2D eigenvalue weighted by Gasteiger charge is 2.30. The fourth-order valence-electron chi connectivity index (χ4n) is 2.10. The van der Waals surface area contributed by atoms with E-state index in [2.05, 4.69) is 0 Å². The lowest BCUT2D eigenvalue weighted by Gasteiger charge is -2.29. The number of piperidine rings is 1. The summed E-state index contributed by atoms with van der Waals surface area (Å²) < 4.78 is 73.7. The molecule has 0 atom stereocenters. The summed E-state index contributed by atoms with van der Waals surface area (Å²) in [7, 11) is -9.34. The fraction of sp³-hybridized carbons (Fsp3) is 0.455. The van der Waals surface area contributed by atoms with Crippen LogP contribution in [0.2, 0.25) is 0 Å². The van der Waals surface area contributed by atoms with E-state index < -0.39 is 35.9 Å². The van der Waals surface area contributed by atoms with Gasteiger partial charge in [0.15, 0.2) is 0 Å². The number of nitrogens with two attached hydrogens (primary N) is 1. The van der Waals surface area contributed by atoms with E-state index in [4.69, 9.17) is 5.73 Å². The lowest BCUT2D eigenvalue weighted by Crippen LogP contribution is -2.42. The second-order valence-electron chi connectivity index (χ2n) is 4.77. The predicted octanol–water partition coefficient (Wildman–Crippen LogP) is 0.596. The van der Waals surface area contributed by atoms with Gasteiger partial charge in [-0.15, -0.1) is 3.89 Å². The van der Waals surface area contributed by atoms with Crippen LogP contribution in [0, 0.1) is 5.82 Å². The van der Waals surface area contributed by atoms with Gasteiger partial charge in [-0.05, 0) is 31.0 Å². The van der Waals surface area contributed by atoms with Crippen molar-refractivity contribution in [3.63, 3.8) is 0 Å². The molecule has 0 aromatic heterocycles. The maximum absolute atomic E-state index is 13.3. The molecule has 0 spiro atoms. The number of hydrogen-bond acceptors (Lipinski definition) is 5. The maximum Gasteiger partial charge on any atom is 0.335 e. The first-order valence-corrected chi connectivity index (χ1v) is 8.94. The number of benzene rings is 1. The minimum absolute atomic E-state index is 0.0913. The summed E-state index contributed by atoms with van der Waals surface area (Å²) in [5, 5.41) is 0. The van der Waals surface area contributed by atoms with Crippen molar-refractivity contribution in [2.45, 2.75) is 28.7 Å². The molecular formula is C11H14F2N2O4S2. The normalized spacial score (nSPS) is 18.8. The van der Waals surface area contributed by atoms with Crippen LogP contribution in [0.15, 0.2) is 28.0 Å². The summed E-state index contributed by atoms with van der Waals surface area (Å²) in [6.07, 6.45) is 0.934. The van der Waals surface area contributed by atoms with Gasteiger partial charge in [0.25, 0.3) is 0 Å².